The summed E-state index contributed by atoms with van der Waals surface area (Å²) < 4.78 is 15.7. The summed E-state index contributed by atoms with van der Waals surface area (Å²) >= 11 is 3.80. The molecule has 1 aromatic carbocycles. The molecule has 0 saturated carbocycles. The lowest BCUT2D eigenvalue weighted by Gasteiger charge is -2.31. The van der Waals surface area contributed by atoms with E-state index in [-0.39, 0.29) is 5.82 Å². The van der Waals surface area contributed by atoms with Crippen molar-refractivity contribution >= 4 is 34.0 Å². The fourth-order valence-corrected chi connectivity index (χ4v) is 5.98. The van der Waals surface area contributed by atoms with E-state index in [1.54, 1.807) is 0 Å². The zero-order valence-electron chi connectivity index (χ0n) is 16.1. The molecule has 1 aliphatic rings. The molecule has 0 bridgehead atoms. The van der Waals surface area contributed by atoms with Crippen LogP contribution in [0, 0.1) is 11.7 Å². The predicted octanol–water partition coefficient (Wildman–Crippen LogP) is 6.26. The van der Waals surface area contributed by atoms with Crippen molar-refractivity contribution in [3.8, 4) is 0 Å². The minimum atomic E-state index is -0.156. The number of para-hydroxylation sites is 1. The maximum Gasteiger partial charge on any atom is 0.145 e. The number of rotatable bonds is 8. The third-order valence-corrected chi connectivity index (χ3v) is 7.84. The third kappa shape index (κ3) is 5.13. The first-order valence-electron chi connectivity index (χ1n) is 10.2. The van der Waals surface area contributed by atoms with Crippen LogP contribution in [0.4, 0.5) is 4.39 Å². The Kier molecular flexibility index (Phi) is 7.00. The van der Waals surface area contributed by atoms with Gasteiger partial charge in [0.05, 0.1) is 15.9 Å². The van der Waals surface area contributed by atoms with Crippen LogP contribution >= 0.6 is 23.1 Å². The van der Waals surface area contributed by atoms with Gasteiger partial charge in [0, 0.05) is 17.7 Å². The number of pyridine rings is 1. The van der Waals surface area contributed by atoms with Crippen LogP contribution in [-0.2, 0) is 6.42 Å². The highest BCUT2D eigenvalue weighted by Crippen LogP contribution is 2.27. The van der Waals surface area contributed by atoms with Gasteiger partial charge in [-0.1, -0.05) is 30.7 Å². The van der Waals surface area contributed by atoms with Gasteiger partial charge in [-0.2, -0.15) is 0 Å². The van der Waals surface area contributed by atoms with Gasteiger partial charge in [-0.25, -0.2) is 4.39 Å². The number of halogens is 1. The smallest absolute Gasteiger partial charge is 0.145 e. The number of fused-ring (bicyclic) bond motifs is 1. The van der Waals surface area contributed by atoms with Crippen LogP contribution in [0.5, 0.6) is 0 Å². The molecule has 0 atom stereocenters. The summed E-state index contributed by atoms with van der Waals surface area (Å²) in [6.45, 7) is 3.61. The maximum atomic E-state index is 14.3. The number of nitrogens with zero attached hydrogens (tertiary/aromatic N) is 2. The van der Waals surface area contributed by atoms with E-state index >= 15 is 0 Å². The van der Waals surface area contributed by atoms with Crippen LogP contribution in [0.25, 0.3) is 10.9 Å². The number of thioether (sulfide) groups is 1. The SMILES string of the molecule is Fc1cnc2ccccc2c1CCCC1CCN(CCSc2cccs2)CC1. The molecule has 1 fully saturated rings. The number of piperidine rings is 1. The first kappa shape index (κ1) is 19.9. The van der Waals surface area contributed by atoms with Gasteiger partial charge >= 0.3 is 0 Å². The lowest BCUT2D eigenvalue weighted by atomic mass is 9.90. The number of hydrogen-bond donors (Lipinski definition) is 0. The van der Waals surface area contributed by atoms with E-state index in [1.165, 1.54) is 55.1 Å². The first-order chi connectivity index (χ1) is 13.8. The highest BCUT2D eigenvalue weighted by molar-refractivity contribution is 8.01. The number of aryl methyl sites for hydroxylation is 1. The van der Waals surface area contributed by atoms with Crippen molar-refractivity contribution in [2.24, 2.45) is 5.92 Å². The second-order valence-corrected chi connectivity index (χ2v) is 9.90. The topological polar surface area (TPSA) is 16.1 Å². The molecule has 2 nitrogen and oxygen atoms in total. The molecule has 148 valence electrons. The van der Waals surface area contributed by atoms with Gasteiger partial charge in [-0.15, -0.1) is 23.1 Å². The van der Waals surface area contributed by atoms with Gasteiger partial charge in [-0.3, -0.25) is 4.98 Å². The summed E-state index contributed by atoms with van der Waals surface area (Å²) in [6.07, 6.45) is 7.01. The molecule has 0 N–H and O–H groups in total. The number of likely N-dealkylation sites (tertiary alicyclic amines) is 1. The van der Waals surface area contributed by atoms with Gasteiger partial charge in [0.25, 0.3) is 0 Å². The Labute approximate surface area is 175 Å². The summed E-state index contributed by atoms with van der Waals surface area (Å²) in [6, 6.07) is 12.2. The lowest BCUT2D eigenvalue weighted by Crippen LogP contribution is -2.35. The molecule has 4 rings (SSSR count). The van der Waals surface area contributed by atoms with Crippen molar-refractivity contribution < 1.29 is 4.39 Å². The van der Waals surface area contributed by atoms with E-state index in [0.717, 1.165) is 35.2 Å². The molecule has 0 radical (unpaired) electrons. The number of thiophene rings is 1. The highest BCUT2D eigenvalue weighted by atomic mass is 32.2. The Balaban J connectivity index is 1.19. The standard InChI is InChI=1S/C23H27FN2S2/c24-21-17-25-22-8-2-1-6-20(22)19(21)7-3-5-18-10-12-26(13-11-18)14-16-28-23-9-4-15-27-23/h1-2,4,6,8-9,15,17-18H,3,5,7,10-14,16H2. The van der Waals surface area contributed by atoms with Crippen LogP contribution in [-0.4, -0.2) is 35.3 Å². The highest BCUT2D eigenvalue weighted by Gasteiger charge is 2.19. The molecular formula is C23H27FN2S2. The number of hydrogen-bond acceptors (Lipinski definition) is 4. The molecule has 0 aliphatic carbocycles. The van der Waals surface area contributed by atoms with Gasteiger partial charge < -0.3 is 4.90 Å². The van der Waals surface area contributed by atoms with Crippen molar-refractivity contribution in [2.45, 2.75) is 36.3 Å². The van der Waals surface area contributed by atoms with E-state index in [2.05, 4.69) is 27.4 Å². The van der Waals surface area contributed by atoms with E-state index in [4.69, 9.17) is 0 Å². The summed E-state index contributed by atoms with van der Waals surface area (Å²) in [4.78, 5) is 6.81. The van der Waals surface area contributed by atoms with E-state index in [1.807, 2.05) is 47.4 Å². The van der Waals surface area contributed by atoms with E-state index in [0.29, 0.717) is 0 Å². The summed E-state index contributed by atoms with van der Waals surface area (Å²) in [5.41, 5.74) is 1.74. The minimum Gasteiger partial charge on any atom is -0.302 e. The van der Waals surface area contributed by atoms with Crippen LogP contribution < -0.4 is 0 Å². The van der Waals surface area contributed by atoms with Crippen molar-refractivity contribution in [1.82, 2.24) is 9.88 Å². The van der Waals surface area contributed by atoms with Gasteiger partial charge in [0.2, 0.25) is 0 Å². The summed E-state index contributed by atoms with van der Waals surface area (Å²) in [5.74, 6) is 1.81. The van der Waals surface area contributed by atoms with Crippen LogP contribution in [0.15, 0.2) is 52.2 Å². The first-order valence-corrected chi connectivity index (χ1v) is 12.1. The van der Waals surface area contributed by atoms with E-state index in [9.17, 15) is 4.39 Å². The molecule has 1 saturated heterocycles. The Bertz CT molecular complexity index is 873. The molecule has 0 amide bonds. The largest absolute Gasteiger partial charge is 0.302 e. The Hall–Kier alpha value is -1.43. The van der Waals surface area contributed by atoms with Crippen molar-refractivity contribution in [2.75, 3.05) is 25.4 Å². The Morgan fingerprint density at radius 1 is 1.14 bits per heavy atom. The Morgan fingerprint density at radius 2 is 2.00 bits per heavy atom. The molecular weight excluding hydrogens is 387 g/mol. The van der Waals surface area contributed by atoms with Crippen molar-refractivity contribution in [1.29, 1.82) is 0 Å². The van der Waals surface area contributed by atoms with Gasteiger partial charge in [-0.05, 0) is 67.8 Å². The number of benzene rings is 1. The average Bonchev–Trinajstić information content (AvgIpc) is 3.24. The monoisotopic (exact) mass is 414 g/mol. The van der Waals surface area contributed by atoms with E-state index < -0.39 is 0 Å². The zero-order valence-corrected chi connectivity index (χ0v) is 17.8. The lowest BCUT2D eigenvalue weighted by molar-refractivity contribution is 0.186. The molecule has 3 aromatic rings. The maximum absolute atomic E-state index is 14.3. The quantitative estimate of drug-likeness (QED) is 0.405. The van der Waals surface area contributed by atoms with Gasteiger partial charge in [0.1, 0.15) is 5.82 Å². The second-order valence-electron chi connectivity index (χ2n) is 7.56. The second kappa shape index (κ2) is 9.86. The zero-order chi connectivity index (χ0) is 19.2. The Morgan fingerprint density at radius 3 is 2.82 bits per heavy atom. The van der Waals surface area contributed by atoms with Gasteiger partial charge in [0.15, 0.2) is 0 Å². The minimum absolute atomic E-state index is 0.156. The molecule has 2 aromatic heterocycles. The van der Waals surface area contributed by atoms with Crippen molar-refractivity contribution in [3.05, 3.63) is 59.4 Å². The predicted molar refractivity (Wildman–Crippen MR) is 119 cm³/mol. The summed E-state index contributed by atoms with van der Waals surface area (Å²) in [7, 11) is 0. The molecule has 28 heavy (non-hydrogen) atoms. The molecule has 3 heterocycles. The summed E-state index contributed by atoms with van der Waals surface area (Å²) in [5, 5.41) is 3.12. The average molecular weight is 415 g/mol. The third-order valence-electron chi connectivity index (χ3n) is 5.73. The number of aromatic nitrogens is 1. The molecule has 1 aliphatic heterocycles. The molecule has 0 spiro atoms. The fourth-order valence-electron chi connectivity index (χ4n) is 4.12. The van der Waals surface area contributed by atoms with Crippen LogP contribution in [0.1, 0.15) is 31.2 Å². The van der Waals surface area contributed by atoms with Crippen molar-refractivity contribution in [3.63, 3.8) is 0 Å². The molecule has 5 heteroatoms. The van der Waals surface area contributed by atoms with Crippen LogP contribution in [0.3, 0.4) is 0 Å². The normalized spacial score (nSPS) is 16.0. The fraction of sp³-hybridized carbons (Fsp3) is 0.435. The van der Waals surface area contributed by atoms with Crippen LogP contribution in [0.2, 0.25) is 0 Å². The molecule has 0 unspecified atom stereocenters.